The minimum atomic E-state index is -0.447. The largest absolute Gasteiger partial charge is 0.378 e. The number of hydrogen-bond acceptors (Lipinski definition) is 5. The lowest BCUT2D eigenvalue weighted by Crippen LogP contribution is -2.43. The van der Waals surface area contributed by atoms with Crippen molar-refractivity contribution < 1.29 is 9.72 Å². The first-order valence-electron chi connectivity index (χ1n) is 9.61. The molecule has 7 heteroatoms. The number of carbonyl (C=O) groups is 1. The zero-order valence-electron chi connectivity index (χ0n) is 16.1. The van der Waals surface area contributed by atoms with Gasteiger partial charge in [-0.1, -0.05) is 36.8 Å². The molecule has 3 rings (SSSR count). The number of carbonyl (C=O) groups excluding carboxylic acids is 1. The Bertz CT molecular complexity index is 826. The van der Waals surface area contributed by atoms with Crippen molar-refractivity contribution >= 4 is 17.3 Å². The Hall–Kier alpha value is -2.93. The lowest BCUT2D eigenvalue weighted by molar-refractivity contribution is -0.384. The summed E-state index contributed by atoms with van der Waals surface area (Å²) >= 11 is 0. The van der Waals surface area contributed by atoms with Crippen molar-refractivity contribution in [3.8, 4) is 0 Å². The Kier molecular flexibility index (Phi) is 6.60. The third-order valence-electron chi connectivity index (χ3n) is 5.19. The highest BCUT2D eigenvalue weighted by atomic mass is 16.6. The molecule has 28 heavy (non-hydrogen) atoms. The van der Waals surface area contributed by atoms with Crippen molar-refractivity contribution in [1.29, 1.82) is 0 Å². The molecule has 1 fully saturated rings. The first-order chi connectivity index (χ1) is 13.6. The van der Waals surface area contributed by atoms with Crippen LogP contribution in [0.15, 0.2) is 48.5 Å². The molecule has 0 bridgehead atoms. The van der Waals surface area contributed by atoms with Crippen LogP contribution in [0, 0.1) is 10.1 Å². The van der Waals surface area contributed by atoms with Crippen molar-refractivity contribution in [1.82, 2.24) is 10.2 Å². The summed E-state index contributed by atoms with van der Waals surface area (Å²) in [5.41, 5.74) is 1.92. The number of benzene rings is 2. The van der Waals surface area contributed by atoms with Crippen molar-refractivity contribution in [2.45, 2.75) is 31.8 Å². The van der Waals surface area contributed by atoms with Crippen molar-refractivity contribution in [2.75, 3.05) is 25.5 Å². The standard InChI is InChI=1S/C21H26N4O3/c1-22-21(26)17-10-11-19(20(13-17)25(27)28)23-14-18-9-5-6-12-24(18)15-16-7-3-2-4-8-16/h2-4,7-8,10-11,13,18,23H,5-6,9,12,14-15H2,1H3,(H,22,26). The van der Waals surface area contributed by atoms with Crippen LogP contribution in [0.5, 0.6) is 0 Å². The van der Waals surface area contributed by atoms with Crippen LogP contribution in [-0.4, -0.2) is 41.9 Å². The lowest BCUT2D eigenvalue weighted by Gasteiger charge is -2.36. The summed E-state index contributed by atoms with van der Waals surface area (Å²) in [7, 11) is 1.50. The highest BCUT2D eigenvalue weighted by molar-refractivity contribution is 5.95. The fourth-order valence-electron chi connectivity index (χ4n) is 3.66. The van der Waals surface area contributed by atoms with Gasteiger partial charge in [-0.25, -0.2) is 0 Å². The maximum absolute atomic E-state index is 11.8. The minimum Gasteiger partial charge on any atom is -0.378 e. The molecule has 0 radical (unpaired) electrons. The first-order valence-corrected chi connectivity index (χ1v) is 9.61. The summed E-state index contributed by atoms with van der Waals surface area (Å²) in [4.78, 5) is 25.2. The Morgan fingerprint density at radius 3 is 2.71 bits per heavy atom. The van der Waals surface area contributed by atoms with Crippen LogP contribution in [0.4, 0.5) is 11.4 Å². The number of nitrogens with zero attached hydrogens (tertiary/aromatic N) is 2. The summed E-state index contributed by atoms with van der Waals surface area (Å²) in [5.74, 6) is -0.337. The molecule has 0 aromatic heterocycles. The normalized spacial score (nSPS) is 17.1. The van der Waals surface area contributed by atoms with Gasteiger partial charge in [0.25, 0.3) is 11.6 Å². The molecule has 1 saturated heterocycles. The third kappa shape index (κ3) is 4.86. The maximum atomic E-state index is 11.8. The Morgan fingerprint density at radius 1 is 1.21 bits per heavy atom. The number of rotatable bonds is 7. The molecule has 1 amide bonds. The van der Waals surface area contributed by atoms with E-state index in [1.807, 2.05) is 18.2 Å². The fraction of sp³-hybridized carbons (Fsp3) is 0.381. The smallest absolute Gasteiger partial charge is 0.293 e. The van der Waals surface area contributed by atoms with Crippen LogP contribution in [0.25, 0.3) is 0 Å². The molecule has 1 unspecified atom stereocenters. The van der Waals surface area contributed by atoms with Gasteiger partial charge in [-0.2, -0.15) is 0 Å². The predicted octanol–water partition coefficient (Wildman–Crippen LogP) is 3.42. The van der Waals surface area contributed by atoms with Crippen molar-refractivity contribution in [3.05, 3.63) is 69.8 Å². The van der Waals surface area contributed by atoms with Crippen LogP contribution in [-0.2, 0) is 6.54 Å². The van der Waals surface area contributed by atoms with Crippen LogP contribution < -0.4 is 10.6 Å². The Morgan fingerprint density at radius 2 is 2.00 bits per heavy atom. The van der Waals surface area contributed by atoms with E-state index in [2.05, 4.69) is 27.7 Å². The van der Waals surface area contributed by atoms with Gasteiger partial charge in [0.1, 0.15) is 5.69 Å². The van der Waals surface area contributed by atoms with Crippen molar-refractivity contribution in [3.63, 3.8) is 0 Å². The maximum Gasteiger partial charge on any atom is 0.293 e. The highest BCUT2D eigenvalue weighted by Gasteiger charge is 2.24. The number of piperidine rings is 1. The molecule has 1 heterocycles. The lowest BCUT2D eigenvalue weighted by atomic mass is 10.0. The predicted molar refractivity (Wildman–Crippen MR) is 109 cm³/mol. The zero-order chi connectivity index (χ0) is 19.9. The first kappa shape index (κ1) is 19.8. The Balaban J connectivity index is 1.70. The summed E-state index contributed by atoms with van der Waals surface area (Å²) in [5, 5.41) is 17.2. The van der Waals surface area contributed by atoms with E-state index in [0.29, 0.717) is 18.3 Å². The van der Waals surface area contributed by atoms with E-state index in [0.717, 1.165) is 25.9 Å². The average molecular weight is 382 g/mol. The molecule has 0 aliphatic carbocycles. The second-order valence-electron chi connectivity index (χ2n) is 7.05. The number of nitro benzene ring substituents is 1. The van der Waals surface area contributed by atoms with Crippen LogP contribution in [0.1, 0.15) is 35.2 Å². The van der Waals surface area contributed by atoms with E-state index in [9.17, 15) is 14.9 Å². The van der Waals surface area contributed by atoms with E-state index in [-0.39, 0.29) is 17.2 Å². The number of likely N-dealkylation sites (tertiary alicyclic amines) is 1. The number of amides is 1. The van der Waals surface area contributed by atoms with Crippen molar-refractivity contribution in [2.24, 2.45) is 0 Å². The number of anilines is 1. The molecule has 7 nitrogen and oxygen atoms in total. The second kappa shape index (κ2) is 9.32. The van der Waals surface area contributed by atoms with E-state index in [1.165, 1.54) is 25.1 Å². The summed E-state index contributed by atoms with van der Waals surface area (Å²) in [6.45, 7) is 2.54. The molecule has 1 aliphatic rings. The SMILES string of the molecule is CNC(=O)c1ccc(NCC2CCCCN2Cc2ccccc2)c([N+](=O)[O-])c1. The third-order valence-corrected chi connectivity index (χ3v) is 5.19. The zero-order valence-corrected chi connectivity index (χ0v) is 16.1. The number of nitro groups is 1. The summed E-state index contributed by atoms with van der Waals surface area (Å²) in [6.07, 6.45) is 3.39. The molecule has 2 aromatic carbocycles. The molecule has 0 spiro atoms. The summed E-state index contributed by atoms with van der Waals surface area (Å²) in [6, 6.07) is 15.2. The molecule has 1 atom stereocenters. The molecular weight excluding hydrogens is 356 g/mol. The second-order valence-corrected chi connectivity index (χ2v) is 7.05. The molecule has 1 aliphatic heterocycles. The molecule has 148 valence electrons. The van der Waals surface area contributed by atoms with Gasteiger partial charge in [-0.05, 0) is 37.1 Å². The molecule has 2 aromatic rings. The van der Waals surface area contributed by atoms with Gasteiger partial charge in [0.15, 0.2) is 0 Å². The molecular formula is C21H26N4O3. The van der Waals surface area contributed by atoms with Gasteiger partial charge >= 0.3 is 0 Å². The van der Waals surface area contributed by atoms with Gasteiger partial charge in [-0.15, -0.1) is 0 Å². The number of hydrogen-bond donors (Lipinski definition) is 2. The monoisotopic (exact) mass is 382 g/mol. The van der Waals surface area contributed by atoms with E-state index < -0.39 is 4.92 Å². The molecule has 2 N–H and O–H groups in total. The Labute approximate surface area is 164 Å². The van der Waals surface area contributed by atoms with Gasteiger partial charge in [-0.3, -0.25) is 19.8 Å². The van der Waals surface area contributed by atoms with Crippen LogP contribution >= 0.6 is 0 Å². The fourth-order valence-corrected chi connectivity index (χ4v) is 3.66. The summed E-state index contributed by atoms with van der Waals surface area (Å²) < 4.78 is 0. The van der Waals surface area contributed by atoms with E-state index in [1.54, 1.807) is 12.1 Å². The molecule has 0 saturated carbocycles. The van der Waals surface area contributed by atoms with Crippen LogP contribution in [0.3, 0.4) is 0 Å². The topological polar surface area (TPSA) is 87.5 Å². The van der Waals surface area contributed by atoms with Gasteiger partial charge in [0, 0.05) is 37.8 Å². The minimum absolute atomic E-state index is 0.0773. The van der Waals surface area contributed by atoms with Gasteiger partial charge in [0.2, 0.25) is 0 Å². The highest BCUT2D eigenvalue weighted by Crippen LogP contribution is 2.27. The number of nitrogens with one attached hydrogen (secondary N) is 2. The van der Waals surface area contributed by atoms with Gasteiger partial charge in [0.05, 0.1) is 4.92 Å². The van der Waals surface area contributed by atoms with E-state index in [4.69, 9.17) is 0 Å². The average Bonchev–Trinajstić information content (AvgIpc) is 2.73. The van der Waals surface area contributed by atoms with Gasteiger partial charge < -0.3 is 10.6 Å². The quantitative estimate of drug-likeness (QED) is 0.566. The van der Waals surface area contributed by atoms with Crippen LogP contribution in [0.2, 0.25) is 0 Å². The van der Waals surface area contributed by atoms with E-state index >= 15 is 0 Å².